The average Bonchev–Trinajstić information content (AvgIpc) is 2.67. The van der Waals surface area contributed by atoms with Gasteiger partial charge in [0.25, 0.3) is 0 Å². The van der Waals surface area contributed by atoms with Crippen molar-refractivity contribution >= 4 is 11.7 Å². The van der Waals surface area contributed by atoms with Gasteiger partial charge in [0.1, 0.15) is 0 Å². The molecule has 0 saturated heterocycles. The van der Waals surface area contributed by atoms with Gasteiger partial charge in [-0.3, -0.25) is 4.98 Å². The van der Waals surface area contributed by atoms with Crippen LogP contribution in [0.1, 0.15) is 29.2 Å². The molecule has 0 amide bonds. The second-order valence-electron chi connectivity index (χ2n) is 6.04. The number of aromatic nitrogens is 3. The van der Waals surface area contributed by atoms with Gasteiger partial charge >= 0.3 is 0 Å². The number of nitrogens with two attached hydrogens (primary N) is 1. The number of benzene rings is 1. The summed E-state index contributed by atoms with van der Waals surface area (Å²) >= 11 is 0. The highest BCUT2D eigenvalue weighted by molar-refractivity contribution is 6.02. The van der Waals surface area contributed by atoms with Gasteiger partial charge in [0.15, 0.2) is 0 Å². The number of nitrogen functional groups attached to an aromatic ring is 1. The van der Waals surface area contributed by atoms with Crippen molar-refractivity contribution in [2.45, 2.75) is 18.8 Å². The molecule has 6 nitrogen and oxygen atoms in total. The topological polar surface area (TPSA) is 97.3 Å². The van der Waals surface area contributed by atoms with Crippen molar-refractivity contribution in [1.29, 1.82) is 0 Å². The first-order valence-electron chi connectivity index (χ1n) is 8.09. The van der Waals surface area contributed by atoms with Gasteiger partial charge in [0, 0.05) is 29.9 Å². The van der Waals surface area contributed by atoms with Crippen LogP contribution in [0.5, 0.6) is 0 Å². The fraction of sp³-hybridized carbons (Fsp3) is 0.158. The maximum absolute atomic E-state index is 9.45. The summed E-state index contributed by atoms with van der Waals surface area (Å²) in [6.45, 7) is 0. The lowest BCUT2D eigenvalue weighted by molar-refractivity contribution is 0.316. The van der Waals surface area contributed by atoms with E-state index in [9.17, 15) is 5.21 Å². The van der Waals surface area contributed by atoms with Crippen molar-refractivity contribution in [2.24, 2.45) is 5.16 Å². The van der Waals surface area contributed by atoms with E-state index in [4.69, 9.17) is 5.73 Å². The normalized spacial score (nSPS) is 18.1. The van der Waals surface area contributed by atoms with Gasteiger partial charge in [-0.15, -0.1) is 0 Å². The standard InChI is InChI=1S/C19H17N5O/c20-19-22-11-15-17(23-19)9-12(10-18(15)24-25)13-5-1-2-6-14(13)16-7-3-4-8-21-16/h1-8,11-12,25H,9-10H2,(H2,20,22,23). The molecule has 1 atom stereocenters. The van der Waals surface area contributed by atoms with E-state index in [1.165, 1.54) is 0 Å². The Morgan fingerprint density at radius 1 is 1.00 bits per heavy atom. The van der Waals surface area contributed by atoms with Gasteiger partial charge < -0.3 is 10.9 Å². The van der Waals surface area contributed by atoms with Crippen LogP contribution in [0.15, 0.2) is 60.0 Å². The molecule has 4 rings (SSSR count). The molecule has 1 aliphatic rings. The number of hydrogen-bond acceptors (Lipinski definition) is 6. The summed E-state index contributed by atoms with van der Waals surface area (Å²) in [7, 11) is 0. The second-order valence-corrected chi connectivity index (χ2v) is 6.04. The first kappa shape index (κ1) is 15.3. The lowest BCUT2D eigenvalue weighted by Crippen LogP contribution is -2.22. The molecule has 2 heterocycles. The summed E-state index contributed by atoms with van der Waals surface area (Å²) in [5, 5.41) is 12.9. The smallest absolute Gasteiger partial charge is 0.220 e. The molecule has 2 aromatic heterocycles. The van der Waals surface area contributed by atoms with Crippen LogP contribution in [-0.4, -0.2) is 25.9 Å². The molecule has 25 heavy (non-hydrogen) atoms. The fourth-order valence-electron chi connectivity index (χ4n) is 3.40. The average molecular weight is 331 g/mol. The zero-order valence-corrected chi connectivity index (χ0v) is 13.5. The van der Waals surface area contributed by atoms with E-state index in [-0.39, 0.29) is 11.9 Å². The van der Waals surface area contributed by atoms with E-state index >= 15 is 0 Å². The van der Waals surface area contributed by atoms with E-state index in [2.05, 4.69) is 32.2 Å². The maximum atomic E-state index is 9.45. The van der Waals surface area contributed by atoms with Crippen molar-refractivity contribution in [3.05, 3.63) is 71.7 Å². The molecule has 0 aliphatic heterocycles. The molecule has 1 aromatic carbocycles. The van der Waals surface area contributed by atoms with Gasteiger partial charge in [0.2, 0.25) is 5.95 Å². The molecule has 124 valence electrons. The number of anilines is 1. The van der Waals surface area contributed by atoms with Crippen LogP contribution in [0.25, 0.3) is 11.3 Å². The quantitative estimate of drug-likeness (QED) is 0.555. The SMILES string of the molecule is Nc1ncc2c(n1)CC(c1ccccc1-c1ccccn1)CC2=NO. The second kappa shape index (κ2) is 6.32. The Kier molecular flexibility index (Phi) is 3.85. The molecule has 0 saturated carbocycles. The van der Waals surface area contributed by atoms with Crippen LogP contribution in [0.3, 0.4) is 0 Å². The zero-order valence-electron chi connectivity index (χ0n) is 13.5. The predicted octanol–water partition coefficient (Wildman–Crippen LogP) is 3.03. The Labute approximate surface area is 145 Å². The number of rotatable bonds is 2. The molecule has 0 fully saturated rings. The summed E-state index contributed by atoms with van der Waals surface area (Å²) in [6.07, 6.45) is 4.75. The van der Waals surface area contributed by atoms with Crippen LogP contribution in [-0.2, 0) is 6.42 Å². The minimum absolute atomic E-state index is 0.130. The third kappa shape index (κ3) is 2.82. The van der Waals surface area contributed by atoms with Crippen LogP contribution < -0.4 is 5.73 Å². The van der Waals surface area contributed by atoms with E-state index < -0.39 is 0 Å². The zero-order chi connectivity index (χ0) is 17.2. The molecular weight excluding hydrogens is 314 g/mol. The first-order valence-corrected chi connectivity index (χ1v) is 8.09. The minimum Gasteiger partial charge on any atom is -0.411 e. The number of fused-ring (bicyclic) bond motifs is 1. The van der Waals surface area contributed by atoms with Gasteiger partial charge in [0.05, 0.1) is 17.1 Å². The molecule has 0 radical (unpaired) electrons. The summed E-state index contributed by atoms with van der Waals surface area (Å²) in [5.41, 5.74) is 11.1. The molecule has 6 heteroatoms. The fourth-order valence-corrected chi connectivity index (χ4v) is 3.40. The third-order valence-electron chi connectivity index (χ3n) is 4.54. The van der Waals surface area contributed by atoms with Crippen LogP contribution in [0.4, 0.5) is 5.95 Å². The van der Waals surface area contributed by atoms with Gasteiger partial charge in [-0.2, -0.15) is 0 Å². The van der Waals surface area contributed by atoms with Gasteiger partial charge in [-0.05, 0) is 30.0 Å². The highest BCUT2D eigenvalue weighted by Gasteiger charge is 2.28. The Hall–Kier alpha value is -3.28. The largest absolute Gasteiger partial charge is 0.411 e. The van der Waals surface area contributed by atoms with Crippen molar-refractivity contribution in [1.82, 2.24) is 15.0 Å². The Balaban J connectivity index is 1.79. The Bertz CT molecular complexity index is 940. The van der Waals surface area contributed by atoms with Crippen molar-refractivity contribution < 1.29 is 5.21 Å². The van der Waals surface area contributed by atoms with E-state index in [0.717, 1.165) is 28.1 Å². The number of oxime groups is 1. The Morgan fingerprint density at radius 2 is 1.84 bits per heavy atom. The predicted molar refractivity (Wildman–Crippen MR) is 95.5 cm³/mol. The summed E-state index contributed by atoms with van der Waals surface area (Å²) in [4.78, 5) is 12.8. The van der Waals surface area contributed by atoms with Crippen molar-refractivity contribution in [3.8, 4) is 11.3 Å². The first-order chi connectivity index (χ1) is 12.3. The summed E-state index contributed by atoms with van der Waals surface area (Å²) < 4.78 is 0. The van der Waals surface area contributed by atoms with Crippen LogP contribution in [0.2, 0.25) is 0 Å². The molecular formula is C19H17N5O. The minimum atomic E-state index is 0.130. The molecule has 1 aliphatic carbocycles. The lowest BCUT2D eigenvalue weighted by Gasteiger charge is -2.26. The number of pyridine rings is 1. The highest BCUT2D eigenvalue weighted by atomic mass is 16.4. The van der Waals surface area contributed by atoms with E-state index in [1.807, 2.05) is 30.3 Å². The van der Waals surface area contributed by atoms with Gasteiger partial charge in [-0.25, -0.2) is 9.97 Å². The maximum Gasteiger partial charge on any atom is 0.220 e. The monoisotopic (exact) mass is 331 g/mol. The number of hydrogen-bond donors (Lipinski definition) is 2. The van der Waals surface area contributed by atoms with Crippen LogP contribution >= 0.6 is 0 Å². The molecule has 0 spiro atoms. The third-order valence-corrected chi connectivity index (χ3v) is 4.54. The van der Waals surface area contributed by atoms with E-state index in [0.29, 0.717) is 18.6 Å². The van der Waals surface area contributed by atoms with Gasteiger partial charge in [-0.1, -0.05) is 35.5 Å². The molecule has 0 bridgehead atoms. The molecule has 3 aromatic rings. The summed E-state index contributed by atoms with van der Waals surface area (Å²) in [5.74, 6) is 0.362. The van der Waals surface area contributed by atoms with Crippen molar-refractivity contribution in [3.63, 3.8) is 0 Å². The van der Waals surface area contributed by atoms with Crippen LogP contribution in [0, 0.1) is 0 Å². The highest BCUT2D eigenvalue weighted by Crippen LogP contribution is 2.36. The van der Waals surface area contributed by atoms with E-state index in [1.54, 1.807) is 12.4 Å². The molecule has 3 N–H and O–H groups in total. The molecule has 1 unspecified atom stereocenters. The Morgan fingerprint density at radius 3 is 2.64 bits per heavy atom. The summed E-state index contributed by atoms with van der Waals surface area (Å²) in [6, 6.07) is 14.1. The van der Waals surface area contributed by atoms with Crippen molar-refractivity contribution in [2.75, 3.05) is 5.73 Å². The number of nitrogens with zero attached hydrogens (tertiary/aromatic N) is 4. The lowest BCUT2D eigenvalue weighted by atomic mass is 9.79.